The van der Waals surface area contributed by atoms with Crippen molar-refractivity contribution >= 4 is 21.7 Å². The van der Waals surface area contributed by atoms with E-state index in [1.165, 1.54) is 18.2 Å². The lowest BCUT2D eigenvalue weighted by atomic mass is 9.99. The molecule has 3 rings (SSSR count). The molecule has 0 radical (unpaired) electrons. The second-order valence-corrected chi connectivity index (χ2v) is 6.91. The fourth-order valence-electron chi connectivity index (χ4n) is 2.75. The molecule has 0 bridgehead atoms. The molecular formula is C20H16BrF2NO2. The average molecular weight is 420 g/mol. The van der Waals surface area contributed by atoms with Crippen LogP contribution in [0.3, 0.4) is 0 Å². The van der Waals surface area contributed by atoms with E-state index >= 15 is 0 Å². The molecule has 3 aromatic rings. The van der Waals surface area contributed by atoms with E-state index in [0.717, 1.165) is 10.0 Å². The Balaban J connectivity index is 1.74. The summed E-state index contributed by atoms with van der Waals surface area (Å²) < 4.78 is 33.7. The van der Waals surface area contributed by atoms with Crippen molar-refractivity contribution in [2.75, 3.05) is 0 Å². The van der Waals surface area contributed by atoms with Crippen LogP contribution in [0.1, 0.15) is 23.2 Å². The van der Waals surface area contributed by atoms with Gasteiger partial charge in [-0.2, -0.15) is 0 Å². The molecule has 3 nitrogen and oxygen atoms in total. The number of carbonyl (C=O) groups excluding carboxylic acids is 1. The Morgan fingerprint density at radius 1 is 1.08 bits per heavy atom. The SMILES string of the molecule is Cc1noc(-c2ccc(Br)cc2)c1CC(=O)CCc1c(F)cccc1F. The summed E-state index contributed by atoms with van der Waals surface area (Å²) in [6.07, 6.45) is 0.175. The molecule has 26 heavy (non-hydrogen) atoms. The third kappa shape index (κ3) is 4.07. The van der Waals surface area contributed by atoms with Gasteiger partial charge in [-0.05, 0) is 37.6 Å². The number of halogens is 3. The highest BCUT2D eigenvalue weighted by molar-refractivity contribution is 9.10. The number of benzene rings is 2. The third-order valence-corrected chi connectivity index (χ3v) is 4.71. The molecular weight excluding hydrogens is 404 g/mol. The topological polar surface area (TPSA) is 43.1 Å². The Morgan fingerprint density at radius 3 is 2.38 bits per heavy atom. The van der Waals surface area contributed by atoms with Gasteiger partial charge < -0.3 is 4.52 Å². The zero-order valence-electron chi connectivity index (χ0n) is 14.1. The highest BCUT2D eigenvalue weighted by Crippen LogP contribution is 2.28. The molecule has 0 aliphatic heterocycles. The fourth-order valence-corrected chi connectivity index (χ4v) is 3.01. The van der Waals surface area contributed by atoms with E-state index in [4.69, 9.17) is 4.52 Å². The second-order valence-electron chi connectivity index (χ2n) is 6.00. The molecule has 6 heteroatoms. The third-order valence-electron chi connectivity index (χ3n) is 4.18. The van der Waals surface area contributed by atoms with Crippen molar-refractivity contribution in [2.45, 2.75) is 26.2 Å². The summed E-state index contributed by atoms with van der Waals surface area (Å²) in [5, 5.41) is 3.96. The van der Waals surface area contributed by atoms with Gasteiger partial charge in [-0.25, -0.2) is 8.78 Å². The number of ketones is 1. The zero-order valence-corrected chi connectivity index (χ0v) is 15.6. The van der Waals surface area contributed by atoms with Gasteiger partial charge in [0.2, 0.25) is 0 Å². The van der Waals surface area contributed by atoms with Crippen molar-refractivity contribution in [2.24, 2.45) is 0 Å². The molecule has 0 fully saturated rings. The highest BCUT2D eigenvalue weighted by Gasteiger charge is 2.19. The number of nitrogens with zero attached hydrogens (tertiary/aromatic N) is 1. The maximum atomic E-state index is 13.7. The standard InChI is InChI=1S/C20H16BrF2NO2/c1-12-17(20(26-24-12)13-5-7-14(21)8-6-13)11-15(25)9-10-16-18(22)3-2-4-19(16)23/h2-8H,9-11H2,1H3. The first kappa shape index (κ1) is 18.5. The average Bonchev–Trinajstić information content (AvgIpc) is 2.96. The van der Waals surface area contributed by atoms with Crippen molar-refractivity contribution in [3.8, 4) is 11.3 Å². The van der Waals surface area contributed by atoms with Crippen LogP contribution < -0.4 is 0 Å². The van der Waals surface area contributed by atoms with Crippen LogP contribution in [0, 0.1) is 18.6 Å². The number of hydrogen-bond acceptors (Lipinski definition) is 3. The van der Waals surface area contributed by atoms with Crippen molar-refractivity contribution in [3.63, 3.8) is 0 Å². The summed E-state index contributed by atoms with van der Waals surface area (Å²) in [6, 6.07) is 11.2. The Kier molecular flexibility index (Phi) is 5.61. The summed E-state index contributed by atoms with van der Waals surface area (Å²) in [5.74, 6) is -0.846. The predicted molar refractivity (Wildman–Crippen MR) is 97.8 cm³/mol. The van der Waals surface area contributed by atoms with E-state index in [0.29, 0.717) is 17.0 Å². The summed E-state index contributed by atoms with van der Waals surface area (Å²) in [5.41, 5.74) is 2.09. The van der Waals surface area contributed by atoms with Gasteiger partial charge in [0.25, 0.3) is 0 Å². The molecule has 1 aromatic heterocycles. The van der Waals surface area contributed by atoms with Crippen LogP contribution in [-0.2, 0) is 17.6 Å². The minimum atomic E-state index is -0.630. The van der Waals surface area contributed by atoms with Gasteiger partial charge >= 0.3 is 0 Å². The molecule has 0 saturated heterocycles. The molecule has 0 aliphatic carbocycles. The van der Waals surface area contributed by atoms with Gasteiger partial charge in [-0.1, -0.05) is 39.3 Å². The van der Waals surface area contributed by atoms with Crippen LogP contribution in [0.25, 0.3) is 11.3 Å². The minimum Gasteiger partial charge on any atom is -0.356 e. The maximum Gasteiger partial charge on any atom is 0.170 e. The number of aromatic nitrogens is 1. The number of carbonyl (C=O) groups is 1. The number of hydrogen-bond donors (Lipinski definition) is 0. The molecule has 0 amide bonds. The van der Waals surface area contributed by atoms with Crippen molar-refractivity contribution in [1.29, 1.82) is 0 Å². The number of aryl methyl sites for hydroxylation is 1. The van der Waals surface area contributed by atoms with Crippen LogP contribution >= 0.6 is 15.9 Å². The summed E-state index contributed by atoms with van der Waals surface area (Å²) in [6.45, 7) is 1.77. The number of Topliss-reactive ketones (excluding diaryl/α,β-unsaturated/α-hetero) is 1. The maximum absolute atomic E-state index is 13.7. The highest BCUT2D eigenvalue weighted by atomic mass is 79.9. The van der Waals surface area contributed by atoms with E-state index in [-0.39, 0.29) is 30.6 Å². The Bertz CT molecular complexity index is 915. The fraction of sp³-hybridized carbons (Fsp3) is 0.200. The molecule has 0 unspecified atom stereocenters. The van der Waals surface area contributed by atoms with Crippen LogP contribution in [-0.4, -0.2) is 10.9 Å². The van der Waals surface area contributed by atoms with E-state index in [1.54, 1.807) is 6.92 Å². The van der Waals surface area contributed by atoms with Gasteiger partial charge in [0.05, 0.1) is 5.69 Å². The molecule has 2 aromatic carbocycles. The van der Waals surface area contributed by atoms with Crippen LogP contribution in [0.4, 0.5) is 8.78 Å². The van der Waals surface area contributed by atoms with Gasteiger partial charge in [-0.3, -0.25) is 4.79 Å². The quantitative estimate of drug-likeness (QED) is 0.534. The minimum absolute atomic E-state index is 0.0231. The van der Waals surface area contributed by atoms with Crippen LogP contribution in [0.15, 0.2) is 51.5 Å². The summed E-state index contributed by atoms with van der Waals surface area (Å²) >= 11 is 3.37. The first-order valence-corrected chi connectivity index (χ1v) is 8.90. The second kappa shape index (κ2) is 7.91. The monoisotopic (exact) mass is 419 g/mol. The van der Waals surface area contributed by atoms with Crippen molar-refractivity contribution < 1.29 is 18.1 Å². The molecule has 134 valence electrons. The molecule has 0 saturated carbocycles. The van der Waals surface area contributed by atoms with Gasteiger partial charge in [0, 0.05) is 34.0 Å². The van der Waals surface area contributed by atoms with E-state index in [9.17, 15) is 13.6 Å². The van der Waals surface area contributed by atoms with Gasteiger partial charge in [0.1, 0.15) is 17.4 Å². The smallest absolute Gasteiger partial charge is 0.170 e. The Morgan fingerprint density at radius 2 is 1.73 bits per heavy atom. The Labute approximate surface area is 158 Å². The van der Waals surface area contributed by atoms with E-state index in [1.807, 2.05) is 24.3 Å². The van der Waals surface area contributed by atoms with Gasteiger partial charge in [0.15, 0.2) is 5.76 Å². The van der Waals surface area contributed by atoms with E-state index in [2.05, 4.69) is 21.1 Å². The zero-order chi connectivity index (χ0) is 18.7. The lowest BCUT2D eigenvalue weighted by Gasteiger charge is -2.05. The lowest BCUT2D eigenvalue weighted by Crippen LogP contribution is -2.07. The lowest BCUT2D eigenvalue weighted by molar-refractivity contribution is -0.118. The van der Waals surface area contributed by atoms with Crippen molar-refractivity contribution in [3.05, 3.63) is 75.4 Å². The Hall–Kier alpha value is -2.34. The van der Waals surface area contributed by atoms with Crippen LogP contribution in [0.5, 0.6) is 0 Å². The molecule has 0 aliphatic rings. The normalized spacial score (nSPS) is 10.9. The van der Waals surface area contributed by atoms with Gasteiger partial charge in [-0.15, -0.1) is 0 Å². The first-order valence-electron chi connectivity index (χ1n) is 8.11. The first-order chi connectivity index (χ1) is 12.5. The van der Waals surface area contributed by atoms with Crippen molar-refractivity contribution in [1.82, 2.24) is 5.16 Å². The molecule has 0 N–H and O–H groups in total. The number of rotatable bonds is 6. The van der Waals surface area contributed by atoms with Crippen LogP contribution in [0.2, 0.25) is 0 Å². The summed E-state index contributed by atoms with van der Waals surface area (Å²) in [7, 11) is 0. The molecule has 0 spiro atoms. The molecule has 0 atom stereocenters. The van der Waals surface area contributed by atoms with E-state index < -0.39 is 11.6 Å². The largest absolute Gasteiger partial charge is 0.356 e. The summed E-state index contributed by atoms with van der Waals surface area (Å²) in [4.78, 5) is 12.4. The molecule has 1 heterocycles. The predicted octanol–water partition coefficient (Wildman–Crippen LogP) is 5.44.